The van der Waals surface area contributed by atoms with Crippen molar-refractivity contribution in [2.24, 2.45) is 5.73 Å². The van der Waals surface area contributed by atoms with Gasteiger partial charge in [0, 0.05) is 5.69 Å². The van der Waals surface area contributed by atoms with Crippen LogP contribution in [0.3, 0.4) is 0 Å². The summed E-state index contributed by atoms with van der Waals surface area (Å²) < 4.78 is 5.10. The lowest BCUT2D eigenvalue weighted by Gasteiger charge is -2.09. The van der Waals surface area contributed by atoms with E-state index < -0.39 is 12.0 Å². The van der Waals surface area contributed by atoms with E-state index in [1.807, 2.05) is 19.1 Å². The number of hydrogen-bond donors (Lipinski definition) is 2. The summed E-state index contributed by atoms with van der Waals surface area (Å²) in [6.45, 7) is 1.92. The van der Waals surface area contributed by atoms with Crippen molar-refractivity contribution >= 4 is 17.7 Å². The van der Waals surface area contributed by atoms with Gasteiger partial charge in [0.25, 0.3) is 5.91 Å². The van der Waals surface area contributed by atoms with Gasteiger partial charge in [-0.15, -0.1) is 0 Å². The Kier molecular flexibility index (Phi) is 4.00. The first-order chi connectivity index (χ1) is 9.56. The van der Waals surface area contributed by atoms with Gasteiger partial charge in [0.15, 0.2) is 0 Å². The summed E-state index contributed by atoms with van der Waals surface area (Å²) in [4.78, 5) is 23.0. The zero-order valence-electron chi connectivity index (χ0n) is 10.9. The Hall–Kier alpha value is -2.82. The molecule has 0 saturated carbocycles. The highest BCUT2D eigenvalue weighted by atomic mass is 16.6. The predicted molar refractivity (Wildman–Crippen MR) is 75.8 cm³/mol. The van der Waals surface area contributed by atoms with Crippen molar-refractivity contribution in [1.82, 2.24) is 0 Å². The number of para-hydroxylation sites is 1. The summed E-state index contributed by atoms with van der Waals surface area (Å²) in [6.07, 6.45) is -0.677. The SMILES string of the molecule is Cc1cccc(NC(=O)Oc2ccccc2C(N)=O)c1. The highest BCUT2D eigenvalue weighted by molar-refractivity contribution is 5.97. The summed E-state index contributed by atoms with van der Waals surface area (Å²) in [5.74, 6) is -0.519. The molecule has 0 spiro atoms. The van der Waals surface area contributed by atoms with Crippen LogP contribution in [0.5, 0.6) is 5.75 Å². The van der Waals surface area contributed by atoms with Crippen molar-refractivity contribution in [3.8, 4) is 5.75 Å². The number of carbonyl (C=O) groups excluding carboxylic acids is 2. The van der Waals surface area contributed by atoms with Crippen LogP contribution in [0.25, 0.3) is 0 Å². The lowest BCUT2D eigenvalue weighted by Crippen LogP contribution is -2.20. The molecule has 0 heterocycles. The Balaban J connectivity index is 2.11. The molecule has 3 N–H and O–H groups in total. The normalized spacial score (nSPS) is 9.85. The van der Waals surface area contributed by atoms with Gasteiger partial charge in [-0.25, -0.2) is 4.79 Å². The summed E-state index contributed by atoms with van der Waals surface area (Å²) >= 11 is 0. The summed E-state index contributed by atoms with van der Waals surface area (Å²) in [5.41, 5.74) is 7.00. The van der Waals surface area contributed by atoms with E-state index in [0.29, 0.717) is 5.69 Å². The Bertz CT molecular complexity index is 653. The van der Waals surface area contributed by atoms with Gasteiger partial charge in [0.2, 0.25) is 0 Å². The van der Waals surface area contributed by atoms with Crippen LogP contribution in [0.2, 0.25) is 0 Å². The largest absolute Gasteiger partial charge is 0.417 e. The Labute approximate surface area is 116 Å². The topological polar surface area (TPSA) is 81.4 Å². The molecule has 2 rings (SSSR count). The summed E-state index contributed by atoms with van der Waals surface area (Å²) in [7, 11) is 0. The Morgan fingerprint density at radius 1 is 1.10 bits per heavy atom. The Morgan fingerprint density at radius 3 is 2.55 bits per heavy atom. The highest BCUT2D eigenvalue weighted by Crippen LogP contribution is 2.18. The third-order valence-corrected chi connectivity index (χ3v) is 2.62. The number of nitrogens with two attached hydrogens (primary N) is 1. The molecule has 0 unspecified atom stereocenters. The molecule has 0 bridgehead atoms. The highest BCUT2D eigenvalue weighted by Gasteiger charge is 2.12. The lowest BCUT2D eigenvalue weighted by atomic mass is 10.2. The number of anilines is 1. The van der Waals surface area contributed by atoms with E-state index >= 15 is 0 Å². The molecule has 2 amide bonds. The van der Waals surface area contributed by atoms with Crippen molar-refractivity contribution in [3.63, 3.8) is 0 Å². The van der Waals surface area contributed by atoms with Gasteiger partial charge in [-0.1, -0.05) is 24.3 Å². The van der Waals surface area contributed by atoms with E-state index in [1.165, 1.54) is 12.1 Å². The van der Waals surface area contributed by atoms with E-state index in [4.69, 9.17) is 10.5 Å². The van der Waals surface area contributed by atoms with Crippen LogP contribution in [0.1, 0.15) is 15.9 Å². The van der Waals surface area contributed by atoms with Crippen LogP contribution >= 0.6 is 0 Å². The molecular weight excluding hydrogens is 256 g/mol. The molecule has 20 heavy (non-hydrogen) atoms. The minimum absolute atomic E-state index is 0.130. The Morgan fingerprint density at radius 2 is 1.85 bits per heavy atom. The van der Waals surface area contributed by atoms with Gasteiger partial charge < -0.3 is 10.5 Å². The van der Waals surface area contributed by atoms with Gasteiger partial charge in [0.1, 0.15) is 5.75 Å². The van der Waals surface area contributed by atoms with Crippen molar-refractivity contribution < 1.29 is 14.3 Å². The molecule has 5 heteroatoms. The maximum Gasteiger partial charge on any atom is 0.417 e. The molecule has 5 nitrogen and oxygen atoms in total. The zero-order valence-corrected chi connectivity index (χ0v) is 10.9. The standard InChI is InChI=1S/C15H14N2O3/c1-10-5-4-6-11(9-10)17-15(19)20-13-8-3-2-7-12(13)14(16)18/h2-9H,1H3,(H2,16,18)(H,17,19). The molecule has 0 aliphatic heterocycles. The van der Waals surface area contributed by atoms with E-state index in [9.17, 15) is 9.59 Å². The monoisotopic (exact) mass is 270 g/mol. The maximum absolute atomic E-state index is 11.8. The van der Waals surface area contributed by atoms with Crippen molar-refractivity contribution in [2.75, 3.05) is 5.32 Å². The first kappa shape index (κ1) is 13.6. The van der Waals surface area contributed by atoms with E-state index in [-0.39, 0.29) is 11.3 Å². The van der Waals surface area contributed by atoms with Crippen molar-refractivity contribution in [1.29, 1.82) is 0 Å². The molecule has 0 aliphatic carbocycles. The molecule has 0 atom stereocenters. The minimum Gasteiger partial charge on any atom is -0.409 e. The lowest BCUT2D eigenvalue weighted by molar-refractivity contribution is 0.0998. The molecule has 0 aliphatic rings. The second-order valence-electron chi connectivity index (χ2n) is 4.24. The van der Waals surface area contributed by atoms with Gasteiger partial charge in [0.05, 0.1) is 5.56 Å². The van der Waals surface area contributed by atoms with Crippen LogP contribution in [0, 0.1) is 6.92 Å². The fourth-order valence-electron chi connectivity index (χ4n) is 1.73. The fraction of sp³-hybridized carbons (Fsp3) is 0.0667. The van der Waals surface area contributed by atoms with E-state index in [2.05, 4.69) is 5.32 Å². The molecule has 2 aromatic carbocycles. The fourth-order valence-corrected chi connectivity index (χ4v) is 1.73. The smallest absolute Gasteiger partial charge is 0.409 e. The number of rotatable bonds is 3. The van der Waals surface area contributed by atoms with Crippen molar-refractivity contribution in [2.45, 2.75) is 6.92 Å². The van der Waals surface area contributed by atoms with Crippen LogP contribution in [-0.4, -0.2) is 12.0 Å². The van der Waals surface area contributed by atoms with Crippen LogP contribution < -0.4 is 15.8 Å². The van der Waals surface area contributed by atoms with Crippen LogP contribution in [0.4, 0.5) is 10.5 Å². The third-order valence-electron chi connectivity index (χ3n) is 2.62. The van der Waals surface area contributed by atoms with E-state index in [0.717, 1.165) is 5.56 Å². The van der Waals surface area contributed by atoms with Gasteiger partial charge >= 0.3 is 6.09 Å². The molecular formula is C15H14N2O3. The summed E-state index contributed by atoms with van der Waals surface area (Å²) in [6, 6.07) is 13.6. The number of carbonyl (C=O) groups is 2. The average Bonchev–Trinajstić information content (AvgIpc) is 2.38. The van der Waals surface area contributed by atoms with E-state index in [1.54, 1.807) is 24.3 Å². The number of aryl methyl sites for hydroxylation is 1. The minimum atomic E-state index is -0.677. The van der Waals surface area contributed by atoms with Crippen molar-refractivity contribution in [3.05, 3.63) is 59.7 Å². The molecule has 102 valence electrons. The molecule has 2 aromatic rings. The number of hydrogen-bond acceptors (Lipinski definition) is 3. The molecule has 0 fully saturated rings. The average molecular weight is 270 g/mol. The van der Waals surface area contributed by atoms with Crippen LogP contribution in [0.15, 0.2) is 48.5 Å². The second-order valence-corrected chi connectivity index (χ2v) is 4.24. The number of ether oxygens (including phenoxy) is 1. The first-order valence-electron chi connectivity index (χ1n) is 6.00. The first-order valence-corrected chi connectivity index (χ1v) is 6.00. The zero-order chi connectivity index (χ0) is 14.5. The summed E-state index contributed by atoms with van der Waals surface area (Å²) in [5, 5.41) is 2.58. The van der Waals surface area contributed by atoms with Gasteiger partial charge in [-0.2, -0.15) is 0 Å². The van der Waals surface area contributed by atoms with Gasteiger partial charge in [-0.3, -0.25) is 10.1 Å². The molecule has 0 aromatic heterocycles. The van der Waals surface area contributed by atoms with Gasteiger partial charge in [-0.05, 0) is 36.8 Å². The number of benzene rings is 2. The number of primary amides is 1. The van der Waals surface area contributed by atoms with Crippen LogP contribution in [-0.2, 0) is 0 Å². The third kappa shape index (κ3) is 3.35. The quantitative estimate of drug-likeness (QED) is 0.899. The molecule has 0 saturated heterocycles. The predicted octanol–water partition coefficient (Wildman–Crippen LogP) is 2.70. The number of nitrogens with one attached hydrogen (secondary N) is 1. The number of amides is 2. The maximum atomic E-state index is 11.8. The second kappa shape index (κ2) is 5.88. The molecule has 0 radical (unpaired) electrons.